The Morgan fingerprint density at radius 3 is 2.30 bits per heavy atom. The molecule has 1 fully saturated rings. The maximum Gasteiger partial charge on any atom is 0.416 e. The summed E-state index contributed by atoms with van der Waals surface area (Å²) in [6.45, 7) is 2.06. The Kier molecular flexibility index (Phi) is 4.49. The Morgan fingerprint density at radius 1 is 1.25 bits per heavy atom. The molecule has 0 saturated heterocycles. The van der Waals surface area contributed by atoms with E-state index in [0.29, 0.717) is 5.92 Å². The molecule has 2 rings (SSSR count). The van der Waals surface area contributed by atoms with Gasteiger partial charge in [-0.1, -0.05) is 30.1 Å². The molecule has 0 aliphatic heterocycles. The molecule has 1 aliphatic carbocycles. The molecule has 1 unspecified atom stereocenters. The van der Waals surface area contributed by atoms with Gasteiger partial charge in [0.1, 0.15) is 0 Å². The SMILES string of the molecule is CC1CCC/C1=N\Nc1c(Cl)cc(C(F)(F)F)cc1Cl. The largest absolute Gasteiger partial charge is 0.416 e. The molecule has 110 valence electrons. The number of rotatable bonds is 2. The van der Waals surface area contributed by atoms with Crippen LogP contribution in [0.15, 0.2) is 17.2 Å². The van der Waals surface area contributed by atoms with Crippen LogP contribution >= 0.6 is 23.2 Å². The summed E-state index contributed by atoms with van der Waals surface area (Å²) in [6, 6.07) is 1.68. The average Bonchev–Trinajstić information content (AvgIpc) is 2.72. The van der Waals surface area contributed by atoms with Crippen LogP contribution in [-0.2, 0) is 6.18 Å². The van der Waals surface area contributed by atoms with Gasteiger partial charge in [-0.15, -0.1) is 0 Å². The number of halogens is 5. The fraction of sp³-hybridized carbons (Fsp3) is 0.462. The molecule has 0 heterocycles. The van der Waals surface area contributed by atoms with E-state index >= 15 is 0 Å². The summed E-state index contributed by atoms with van der Waals surface area (Å²) >= 11 is 11.7. The first-order valence-corrected chi connectivity index (χ1v) is 6.93. The minimum atomic E-state index is -4.47. The maximum atomic E-state index is 12.6. The smallest absolute Gasteiger partial charge is 0.276 e. The Balaban J connectivity index is 2.25. The molecule has 7 heteroatoms. The van der Waals surface area contributed by atoms with E-state index in [-0.39, 0.29) is 15.7 Å². The van der Waals surface area contributed by atoms with Gasteiger partial charge < -0.3 is 0 Å². The molecule has 0 bridgehead atoms. The normalized spacial score (nSPS) is 21.5. The second kappa shape index (κ2) is 5.82. The van der Waals surface area contributed by atoms with Crippen LogP contribution in [0.2, 0.25) is 10.0 Å². The van der Waals surface area contributed by atoms with Crippen LogP contribution < -0.4 is 5.43 Å². The lowest BCUT2D eigenvalue weighted by molar-refractivity contribution is -0.137. The lowest BCUT2D eigenvalue weighted by atomic mass is 10.1. The van der Waals surface area contributed by atoms with Crippen LogP contribution in [0, 0.1) is 5.92 Å². The van der Waals surface area contributed by atoms with Crippen LogP contribution in [0.25, 0.3) is 0 Å². The van der Waals surface area contributed by atoms with Gasteiger partial charge in [-0.2, -0.15) is 18.3 Å². The summed E-state index contributed by atoms with van der Waals surface area (Å²) in [4.78, 5) is 0. The monoisotopic (exact) mass is 324 g/mol. The number of nitrogens with one attached hydrogen (secondary N) is 1. The molecule has 0 amide bonds. The molecule has 1 saturated carbocycles. The number of benzene rings is 1. The Bertz CT molecular complexity index is 518. The van der Waals surface area contributed by atoms with Crippen molar-refractivity contribution >= 4 is 34.6 Å². The Hall–Kier alpha value is -0.940. The summed E-state index contributed by atoms with van der Waals surface area (Å²) in [5.74, 6) is 0.370. The molecule has 1 atom stereocenters. The number of nitrogens with zero attached hydrogens (tertiary/aromatic N) is 1. The zero-order valence-electron chi connectivity index (χ0n) is 10.7. The van der Waals surface area contributed by atoms with E-state index in [4.69, 9.17) is 23.2 Å². The lowest BCUT2D eigenvalue weighted by Gasteiger charge is -2.12. The molecule has 1 aromatic carbocycles. The fourth-order valence-electron chi connectivity index (χ4n) is 2.14. The topological polar surface area (TPSA) is 24.4 Å². The number of hydrazone groups is 1. The predicted octanol–water partition coefficient (Wildman–Crippen LogP) is 5.60. The quantitative estimate of drug-likeness (QED) is 0.703. The number of hydrogen-bond acceptors (Lipinski definition) is 2. The summed E-state index contributed by atoms with van der Waals surface area (Å²) < 4.78 is 37.8. The van der Waals surface area contributed by atoms with Gasteiger partial charge in [0.25, 0.3) is 0 Å². The standard InChI is InChI=1S/C13H13Cl2F3N2/c1-7-3-2-4-11(7)19-20-12-9(14)5-8(6-10(12)15)13(16,17)18/h5-7,20H,2-4H2,1H3/b19-11+. The van der Waals surface area contributed by atoms with E-state index < -0.39 is 11.7 Å². The van der Waals surface area contributed by atoms with Crippen molar-refractivity contribution in [1.82, 2.24) is 0 Å². The van der Waals surface area contributed by atoms with Gasteiger partial charge in [0.2, 0.25) is 0 Å². The Labute approximate surface area is 124 Å². The molecule has 0 radical (unpaired) electrons. The first kappa shape index (κ1) is 15.4. The van der Waals surface area contributed by atoms with E-state index in [1.807, 2.05) is 0 Å². The van der Waals surface area contributed by atoms with Crippen molar-refractivity contribution in [3.05, 3.63) is 27.7 Å². The molecule has 2 nitrogen and oxygen atoms in total. The highest BCUT2D eigenvalue weighted by Crippen LogP contribution is 2.38. The summed E-state index contributed by atoms with van der Waals surface area (Å²) in [5.41, 5.74) is 3.00. The van der Waals surface area contributed by atoms with Crippen LogP contribution in [0.4, 0.5) is 18.9 Å². The summed E-state index contributed by atoms with van der Waals surface area (Å²) in [5, 5.41) is 4.01. The third-order valence-corrected chi connectivity index (χ3v) is 3.92. The number of anilines is 1. The summed E-state index contributed by atoms with van der Waals surface area (Å²) in [6.07, 6.45) is -1.47. The van der Waals surface area contributed by atoms with E-state index in [1.165, 1.54) is 0 Å². The fourth-order valence-corrected chi connectivity index (χ4v) is 2.71. The Morgan fingerprint density at radius 2 is 1.85 bits per heavy atom. The maximum absolute atomic E-state index is 12.6. The number of alkyl halides is 3. The second-order valence-electron chi connectivity index (χ2n) is 4.82. The van der Waals surface area contributed by atoms with Crippen molar-refractivity contribution < 1.29 is 13.2 Å². The van der Waals surface area contributed by atoms with Crippen LogP contribution in [0.1, 0.15) is 31.7 Å². The third kappa shape index (κ3) is 3.38. The van der Waals surface area contributed by atoms with Crippen molar-refractivity contribution in [3.8, 4) is 0 Å². The van der Waals surface area contributed by atoms with Gasteiger partial charge in [-0.05, 0) is 37.3 Å². The van der Waals surface area contributed by atoms with Gasteiger partial charge in [0.15, 0.2) is 0 Å². The van der Waals surface area contributed by atoms with Gasteiger partial charge >= 0.3 is 6.18 Å². The average molecular weight is 325 g/mol. The second-order valence-corrected chi connectivity index (χ2v) is 5.64. The zero-order valence-corrected chi connectivity index (χ0v) is 12.2. The van der Waals surface area contributed by atoms with E-state index in [0.717, 1.165) is 37.1 Å². The van der Waals surface area contributed by atoms with Crippen molar-refractivity contribution in [2.24, 2.45) is 11.0 Å². The number of hydrogen-bond donors (Lipinski definition) is 1. The van der Waals surface area contributed by atoms with Crippen molar-refractivity contribution in [2.75, 3.05) is 5.43 Å². The first-order chi connectivity index (χ1) is 9.29. The van der Waals surface area contributed by atoms with E-state index in [2.05, 4.69) is 17.5 Å². The van der Waals surface area contributed by atoms with Crippen molar-refractivity contribution in [2.45, 2.75) is 32.4 Å². The predicted molar refractivity (Wildman–Crippen MR) is 75.5 cm³/mol. The minimum absolute atomic E-state index is 0.0974. The van der Waals surface area contributed by atoms with E-state index in [9.17, 15) is 13.2 Å². The highest BCUT2D eigenvalue weighted by molar-refractivity contribution is 6.39. The summed E-state index contributed by atoms with van der Waals surface area (Å²) in [7, 11) is 0. The minimum Gasteiger partial charge on any atom is -0.276 e. The highest BCUT2D eigenvalue weighted by Gasteiger charge is 2.32. The molecule has 1 aromatic rings. The molecular weight excluding hydrogens is 312 g/mol. The third-order valence-electron chi connectivity index (χ3n) is 3.32. The van der Waals surface area contributed by atoms with Gasteiger partial charge in [0.05, 0.1) is 21.3 Å². The molecule has 1 N–H and O–H groups in total. The van der Waals surface area contributed by atoms with Crippen LogP contribution in [-0.4, -0.2) is 5.71 Å². The van der Waals surface area contributed by atoms with Gasteiger partial charge in [-0.3, -0.25) is 5.43 Å². The van der Waals surface area contributed by atoms with Crippen molar-refractivity contribution in [3.63, 3.8) is 0 Å². The molecule has 0 aromatic heterocycles. The van der Waals surface area contributed by atoms with Crippen molar-refractivity contribution in [1.29, 1.82) is 0 Å². The van der Waals surface area contributed by atoms with Gasteiger partial charge in [0, 0.05) is 5.71 Å². The van der Waals surface area contributed by atoms with Crippen LogP contribution in [0.3, 0.4) is 0 Å². The molecular formula is C13H13Cl2F3N2. The molecule has 0 spiro atoms. The molecule has 20 heavy (non-hydrogen) atoms. The first-order valence-electron chi connectivity index (χ1n) is 6.17. The van der Waals surface area contributed by atoms with Gasteiger partial charge in [-0.25, -0.2) is 0 Å². The van der Waals surface area contributed by atoms with E-state index in [1.54, 1.807) is 0 Å². The molecule has 1 aliphatic rings. The lowest BCUT2D eigenvalue weighted by Crippen LogP contribution is -2.07. The van der Waals surface area contributed by atoms with Crippen LogP contribution in [0.5, 0.6) is 0 Å². The zero-order chi connectivity index (χ0) is 14.9. The highest BCUT2D eigenvalue weighted by atomic mass is 35.5.